The summed E-state index contributed by atoms with van der Waals surface area (Å²) in [6.07, 6.45) is -1.20. The lowest BCUT2D eigenvalue weighted by Crippen LogP contribution is -2.30. The molecule has 8 nitrogen and oxygen atoms in total. The van der Waals surface area contributed by atoms with Gasteiger partial charge in [0.15, 0.2) is 6.10 Å². The zero-order chi connectivity index (χ0) is 20.4. The topological polar surface area (TPSA) is 114 Å². The molecule has 1 aromatic heterocycles. The van der Waals surface area contributed by atoms with Gasteiger partial charge >= 0.3 is 11.7 Å². The fourth-order valence-corrected chi connectivity index (χ4v) is 3.10. The number of halogens is 2. The fourth-order valence-electron chi connectivity index (χ4n) is 2.50. The number of aromatic nitrogens is 1. The highest BCUT2D eigenvalue weighted by Gasteiger charge is 2.24. The first-order valence-corrected chi connectivity index (χ1v) is 8.79. The van der Waals surface area contributed by atoms with Gasteiger partial charge in [0.05, 0.1) is 9.40 Å². The first kappa shape index (κ1) is 19.5. The van der Waals surface area contributed by atoms with Gasteiger partial charge in [0.25, 0.3) is 5.91 Å². The number of ether oxygens (including phenoxy) is 1. The number of amides is 1. The van der Waals surface area contributed by atoms with E-state index >= 15 is 0 Å². The lowest BCUT2D eigenvalue weighted by molar-refractivity contribution is -0.387. The Kier molecular flexibility index (Phi) is 5.41. The zero-order valence-corrected chi connectivity index (χ0v) is 15.9. The number of benzene rings is 2. The molecule has 144 valence electrons. The molecule has 0 saturated carbocycles. The molecule has 1 atom stereocenters. The number of esters is 1. The van der Waals surface area contributed by atoms with Gasteiger partial charge in [0, 0.05) is 22.7 Å². The summed E-state index contributed by atoms with van der Waals surface area (Å²) in [6, 6.07) is 10.1. The van der Waals surface area contributed by atoms with Crippen LogP contribution in [0.5, 0.6) is 0 Å². The van der Waals surface area contributed by atoms with Crippen molar-refractivity contribution in [2.75, 3.05) is 5.32 Å². The molecule has 1 amide bonds. The molecule has 0 aliphatic rings. The number of nitro benzene ring substituents is 1. The predicted octanol–water partition coefficient (Wildman–Crippen LogP) is 4.16. The minimum Gasteiger partial charge on any atom is -0.448 e. The second-order valence-corrected chi connectivity index (χ2v) is 6.61. The number of nitrogens with zero attached hydrogens (tertiary/aromatic N) is 1. The molecule has 0 saturated heterocycles. The highest BCUT2D eigenvalue weighted by atomic mass is 79.9. The number of nitro groups is 1. The van der Waals surface area contributed by atoms with Gasteiger partial charge in [0.1, 0.15) is 5.69 Å². The van der Waals surface area contributed by atoms with Crippen LogP contribution in [0.4, 0.5) is 15.8 Å². The number of fused-ring (bicyclic) bond motifs is 1. The van der Waals surface area contributed by atoms with Crippen molar-refractivity contribution in [1.29, 1.82) is 0 Å². The van der Waals surface area contributed by atoms with Gasteiger partial charge < -0.3 is 15.0 Å². The number of nitrogens with one attached hydrogen (secondary N) is 2. The second-order valence-electron chi connectivity index (χ2n) is 5.82. The number of H-pyrrole nitrogens is 1. The van der Waals surface area contributed by atoms with Gasteiger partial charge in [-0.25, -0.2) is 4.79 Å². The van der Waals surface area contributed by atoms with Crippen molar-refractivity contribution in [2.45, 2.75) is 13.0 Å². The molecule has 0 aliphatic heterocycles. The summed E-state index contributed by atoms with van der Waals surface area (Å²) in [6.45, 7) is 1.35. The molecule has 28 heavy (non-hydrogen) atoms. The smallest absolute Gasteiger partial charge is 0.356 e. The van der Waals surface area contributed by atoms with E-state index in [1.165, 1.54) is 13.0 Å². The maximum absolute atomic E-state index is 13.4. The number of anilines is 1. The number of hydrogen-bond acceptors (Lipinski definition) is 5. The molecule has 2 N–H and O–H groups in total. The van der Waals surface area contributed by atoms with Gasteiger partial charge in [0.2, 0.25) is 5.82 Å². The van der Waals surface area contributed by atoms with E-state index in [1.54, 1.807) is 12.1 Å². The SMILES string of the molecule is CC(OC(=O)c1[nH]c2ccccc2c1Br)C(=O)Nc1ccc(F)c([N+](=O)[O-])c1. The highest BCUT2D eigenvalue weighted by molar-refractivity contribution is 9.10. The van der Waals surface area contributed by atoms with E-state index in [-0.39, 0.29) is 11.4 Å². The van der Waals surface area contributed by atoms with Crippen molar-refractivity contribution in [3.8, 4) is 0 Å². The predicted molar refractivity (Wildman–Crippen MR) is 103 cm³/mol. The molecular weight excluding hydrogens is 437 g/mol. The van der Waals surface area contributed by atoms with Crippen LogP contribution in [0.25, 0.3) is 10.9 Å². The van der Waals surface area contributed by atoms with Crippen molar-refractivity contribution in [2.24, 2.45) is 0 Å². The number of rotatable bonds is 5. The molecule has 0 radical (unpaired) electrons. The van der Waals surface area contributed by atoms with Crippen molar-refractivity contribution < 1.29 is 23.6 Å². The van der Waals surface area contributed by atoms with Crippen molar-refractivity contribution >= 4 is 50.1 Å². The first-order chi connectivity index (χ1) is 13.3. The summed E-state index contributed by atoms with van der Waals surface area (Å²) in [5.74, 6) is -2.50. The van der Waals surface area contributed by atoms with E-state index in [2.05, 4.69) is 26.2 Å². The van der Waals surface area contributed by atoms with Gasteiger partial charge in [-0.2, -0.15) is 4.39 Å². The summed E-state index contributed by atoms with van der Waals surface area (Å²) in [5.41, 5.74) is 0.104. The van der Waals surface area contributed by atoms with Crippen LogP contribution in [0.2, 0.25) is 0 Å². The number of para-hydroxylation sites is 1. The number of hydrogen-bond donors (Lipinski definition) is 2. The Morgan fingerprint density at radius 1 is 1.29 bits per heavy atom. The Labute approximate surface area is 166 Å². The van der Waals surface area contributed by atoms with Gasteiger partial charge in [-0.3, -0.25) is 14.9 Å². The Morgan fingerprint density at radius 3 is 2.68 bits per heavy atom. The Morgan fingerprint density at radius 2 is 2.00 bits per heavy atom. The minimum atomic E-state index is -1.20. The van der Waals surface area contributed by atoms with Gasteiger partial charge in [-0.15, -0.1) is 0 Å². The average molecular weight is 450 g/mol. The Bertz CT molecular complexity index is 1100. The molecule has 0 bridgehead atoms. The van der Waals surface area contributed by atoms with E-state index < -0.39 is 34.4 Å². The Balaban J connectivity index is 1.71. The zero-order valence-electron chi connectivity index (χ0n) is 14.4. The van der Waals surface area contributed by atoms with Gasteiger partial charge in [-0.05, 0) is 41.1 Å². The third-order valence-corrected chi connectivity index (χ3v) is 4.73. The molecule has 1 unspecified atom stereocenters. The van der Waals surface area contributed by atoms with E-state index in [9.17, 15) is 24.1 Å². The average Bonchev–Trinajstić information content (AvgIpc) is 3.00. The molecule has 0 aliphatic carbocycles. The standard InChI is InChI=1S/C18H13BrFN3O5/c1-9(17(24)21-10-6-7-12(20)14(8-10)23(26)27)28-18(25)16-15(19)11-4-2-3-5-13(11)22-16/h2-9,22H,1H3,(H,21,24). The highest BCUT2D eigenvalue weighted by Crippen LogP contribution is 2.28. The molecule has 10 heteroatoms. The van der Waals surface area contributed by atoms with E-state index in [1.807, 2.05) is 12.1 Å². The molecule has 3 aromatic rings. The van der Waals surface area contributed by atoms with Crippen molar-refractivity contribution in [3.05, 3.63) is 68.6 Å². The van der Waals surface area contributed by atoms with E-state index in [0.29, 0.717) is 4.47 Å². The normalized spacial score (nSPS) is 11.8. The third kappa shape index (κ3) is 3.86. The molecule has 2 aromatic carbocycles. The van der Waals surface area contributed by atoms with Crippen LogP contribution in [-0.4, -0.2) is 27.9 Å². The summed E-state index contributed by atoms with van der Waals surface area (Å²) in [4.78, 5) is 37.4. The monoisotopic (exact) mass is 449 g/mol. The van der Waals surface area contributed by atoms with Crippen LogP contribution in [0.3, 0.4) is 0 Å². The third-order valence-electron chi connectivity index (χ3n) is 3.91. The summed E-state index contributed by atoms with van der Waals surface area (Å²) in [7, 11) is 0. The largest absolute Gasteiger partial charge is 0.448 e. The van der Waals surface area contributed by atoms with Crippen LogP contribution in [-0.2, 0) is 9.53 Å². The van der Waals surface area contributed by atoms with Crippen molar-refractivity contribution in [3.63, 3.8) is 0 Å². The van der Waals surface area contributed by atoms with Crippen LogP contribution in [0.1, 0.15) is 17.4 Å². The molecule has 0 fully saturated rings. The quantitative estimate of drug-likeness (QED) is 0.344. The molecule has 1 heterocycles. The van der Waals surface area contributed by atoms with Crippen LogP contribution in [0, 0.1) is 15.9 Å². The lowest BCUT2D eigenvalue weighted by Gasteiger charge is -2.13. The molecular formula is C18H13BrFN3O5. The summed E-state index contributed by atoms with van der Waals surface area (Å²) >= 11 is 3.33. The number of carbonyl (C=O) groups is 2. The van der Waals surface area contributed by atoms with E-state index in [0.717, 1.165) is 23.0 Å². The van der Waals surface area contributed by atoms with Crippen LogP contribution < -0.4 is 5.32 Å². The molecule has 0 spiro atoms. The maximum atomic E-state index is 13.4. The number of aromatic amines is 1. The summed E-state index contributed by atoms with van der Waals surface area (Å²) < 4.78 is 19.0. The van der Waals surface area contributed by atoms with Crippen molar-refractivity contribution in [1.82, 2.24) is 4.98 Å². The first-order valence-electron chi connectivity index (χ1n) is 8.00. The Hall–Kier alpha value is -3.27. The number of carbonyl (C=O) groups excluding carboxylic acids is 2. The van der Waals surface area contributed by atoms with Gasteiger partial charge in [-0.1, -0.05) is 18.2 Å². The second kappa shape index (κ2) is 7.77. The summed E-state index contributed by atoms with van der Waals surface area (Å²) in [5, 5.41) is 13.9. The molecule has 3 rings (SSSR count). The lowest BCUT2D eigenvalue weighted by atomic mass is 10.2. The van der Waals surface area contributed by atoms with Crippen LogP contribution in [0.15, 0.2) is 46.9 Å². The van der Waals surface area contributed by atoms with Crippen LogP contribution >= 0.6 is 15.9 Å². The maximum Gasteiger partial charge on any atom is 0.356 e. The fraction of sp³-hybridized carbons (Fsp3) is 0.111. The van der Waals surface area contributed by atoms with E-state index in [4.69, 9.17) is 4.74 Å². The minimum absolute atomic E-state index is 0.00721.